The molecule has 0 atom stereocenters. The van der Waals surface area contributed by atoms with Crippen molar-refractivity contribution < 1.29 is 9.53 Å². The molecule has 1 fully saturated rings. The lowest BCUT2D eigenvalue weighted by atomic mass is 10.0. The first-order chi connectivity index (χ1) is 15.0. The highest BCUT2D eigenvalue weighted by atomic mass is 16.5. The maximum Gasteiger partial charge on any atom is 0.322 e. The molecule has 1 aromatic heterocycles. The molecule has 166 valence electrons. The normalized spacial score (nSPS) is 16.3. The highest BCUT2D eigenvalue weighted by Crippen LogP contribution is 2.29. The fraction of sp³-hybridized carbons (Fsp3) is 0.522. The first-order valence-electron chi connectivity index (χ1n) is 11.2. The largest absolute Gasteiger partial charge is 0.463 e. The molecule has 8 nitrogen and oxygen atoms in total. The molecular formula is C23H32N6O2. The summed E-state index contributed by atoms with van der Waals surface area (Å²) in [5.74, 6) is 0.243. The Bertz CT molecular complexity index is 942. The van der Waals surface area contributed by atoms with Gasteiger partial charge in [-0.05, 0) is 56.0 Å². The van der Waals surface area contributed by atoms with Crippen LogP contribution in [0.3, 0.4) is 0 Å². The number of aromatic nitrogens is 2. The van der Waals surface area contributed by atoms with Crippen LogP contribution >= 0.6 is 0 Å². The summed E-state index contributed by atoms with van der Waals surface area (Å²) in [6.07, 6.45) is 4.51. The molecule has 1 saturated heterocycles. The van der Waals surface area contributed by atoms with Crippen molar-refractivity contribution in [2.24, 2.45) is 0 Å². The Morgan fingerprint density at radius 1 is 1.19 bits per heavy atom. The zero-order valence-electron chi connectivity index (χ0n) is 18.5. The van der Waals surface area contributed by atoms with E-state index in [-0.39, 0.29) is 17.9 Å². The molecule has 8 heteroatoms. The van der Waals surface area contributed by atoms with Gasteiger partial charge in [-0.25, -0.2) is 4.79 Å². The number of urea groups is 1. The molecule has 3 N–H and O–H groups in total. The van der Waals surface area contributed by atoms with E-state index in [1.54, 1.807) is 4.90 Å². The number of likely N-dealkylation sites (tertiary alicyclic amines) is 1. The summed E-state index contributed by atoms with van der Waals surface area (Å²) in [7, 11) is 0. The number of aryl methyl sites for hydroxylation is 1. The standard InChI is InChI=1S/C23H32N6O2/c1-3-4-11-31-22-25-19-15-29(23(30)26-20(19)21(24)27-22)13-17-8-7-16(2)18(12-17)14-28-9-5-6-10-28/h7-8,12H,3-6,9-11,13-15H2,1-2H3,(H,26,30)(H2,24,25,27). The number of carbonyl (C=O) groups excluding carboxylic acids is 1. The van der Waals surface area contributed by atoms with Crippen LogP contribution in [-0.4, -0.2) is 45.5 Å². The fourth-order valence-corrected chi connectivity index (χ4v) is 4.09. The molecule has 31 heavy (non-hydrogen) atoms. The fourth-order valence-electron chi connectivity index (χ4n) is 4.09. The molecule has 2 amide bonds. The summed E-state index contributed by atoms with van der Waals surface area (Å²) in [5, 5.41) is 2.85. The number of anilines is 2. The van der Waals surface area contributed by atoms with E-state index in [4.69, 9.17) is 10.5 Å². The van der Waals surface area contributed by atoms with Crippen LogP contribution in [0.2, 0.25) is 0 Å². The number of nitrogens with one attached hydrogen (secondary N) is 1. The minimum absolute atomic E-state index is 0.191. The summed E-state index contributed by atoms with van der Waals surface area (Å²) in [4.78, 5) is 25.6. The van der Waals surface area contributed by atoms with Crippen LogP contribution in [-0.2, 0) is 19.6 Å². The number of carbonyl (C=O) groups is 1. The van der Waals surface area contributed by atoms with Crippen molar-refractivity contribution in [3.63, 3.8) is 0 Å². The van der Waals surface area contributed by atoms with Gasteiger partial charge < -0.3 is 20.7 Å². The number of nitrogens with two attached hydrogens (primary N) is 1. The van der Waals surface area contributed by atoms with Gasteiger partial charge in [-0.2, -0.15) is 9.97 Å². The molecule has 3 heterocycles. The zero-order valence-corrected chi connectivity index (χ0v) is 18.5. The Hall–Kier alpha value is -2.87. The first kappa shape index (κ1) is 21.4. The Kier molecular flexibility index (Phi) is 6.56. The Morgan fingerprint density at radius 2 is 2.00 bits per heavy atom. The Balaban J connectivity index is 1.48. The van der Waals surface area contributed by atoms with Crippen molar-refractivity contribution in [1.82, 2.24) is 19.8 Å². The van der Waals surface area contributed by atoms with Crippen LogP contribution in [0.4, 0.5) is 16.3 Å². The third-order valence-electron chi connectivity index (χ3n) is 5.96. The van der Waals surface area contributed by atoms with Crippen LogP contribution in [0.15, 0.2) is 18.2 Å². The van der Waals surface area contributed by atoms with E-state index in [1.807, 2.05) is 0 Å². The number of benzene rings is 1. The van der Waals surface area contributed by atoms with E-state index in [1.165, 1.54) is 37.1 Å². The van der Waals surface area contributed by atoms with E-state index in [9.17, 15) is 4.79 Å². The van der Waals surface area contributed by atoms with E-state index in [0.29, 0.717) is 31.1 Å². The van der Waals surface area contributed by atoms with Crippen LogP contribution < -0.4 is 15.8 Å². The van der Waals surface area contributed by atoms with Gasteiger partial charge in [0.2, 0.25) is 0 Å². The third kappa shape index (κ3) is 5.07. The molecule has 0 saturated carbocycles. The van der Waals surface area contributed by atoms with Gasteiger partial charge in [-0.15, -0.1) is 0 Å². The van der Waals surface area contributed by atoms with Crippen molar-refractivity contribution >= 4 is 17.5 Å². The van der Waals surface area contributed by atoms with Gasteiger partial charge in [0.1, 0.15) is 5.69 Å². The van der Waals surface area contributed by atoms with Crippen molar-refractivity contribution in [1.29, 1.82) is 0 Å². The second-order valence-corrected chi connectivity index (χ2v) is 8.45. The molecule has 1 aromatic carbocycles. The minimum Gasteiger partial charge on any atom is -0.463 e. The summed E-state index contributed by atoms with van der Waals surface area (Å²) in [6, 6.07) is 6.55. The maximum atomic E-state index is 12.7. The van der Waals surface area contributed by atoms with Gasteiger partial charge in [0.25, 0.3) is 0 Å². The molecule has 2 aliphatic heterocycles. The number of ether oxygens (including phenoxy) is 1. The topological polar surface area (TPSA) is 96.6 Å². The second-order valence-electron chi connectivity index (χ2n) is 8.45. The molecule has 2 aliphatic rings. The first-order valence-corrected chi connectivity index (χ1v) is 11.2. The van der Waals surface area contributed by atoms with Gasteiger partial charge in [-0.3, -0.25) is 4.90 Å². The number of fused-ring (bicyclic) bond motifs is 1. The Labute approximate surface area is 183 Å². The molecule has 0 unspecified atom stereocenters. The van der Waals surface area contributed by atoms with Gasteiger partial charge in [0.05, 0.1) is 18.8 Å². The van der Waals surface area contributed by atoms with E-state index in [2.05, 4.69) is 52.2 Å². The van der Waals surface area contributed by atoms with Crippen LogP contribution in [0.5, 0.6) is 6.01 Å². The number of unbranched alkanes of at least 4 members (excludes halogenated alkanes) is 1. The lowest BCUT2D eigenvalue weighted by molar-refractivity contribution is 0.202. The summed E-state index contributed by atoms with van der Waals surface area (Å²) in [5.41, 5.74) is 11.0. The van der Waals surface area contributed by atoms with Gasteiger partial charge >= 0.3 is 12.0 Å². The number of hydrogen-bond donors (Lipinski definition) is 2. The predicted molar refractivity (Wildman–Crippen MR) is 121 cm³/mol. The minimum atomic E-state index is -0.191. The monoisotopic (exact) mass is 424 g/mol. The number of hydrogen-bond acceptors (Lipinski definition) is 6. The van der Waals surface area contributed by atoms with Crippen molar-refractivity contribution in [3.05, 3.63) is 40.6 Å². The molecule has 4 rings (SSSR count). The second kappa shape index (κ2) is 9.51. The SMILES string of the molecule is CCCCOc1nc(N)c2c(n1)CN(Cc1ccc(C)c(CN3CCCC3)c1)C(=O)N2. The number of rotatable bonds is 8. The average molecular weight is 425 g/mol. The average Bonchev–Trinajstić information content (AvgIpc) is 3.25. The van der Waals surface area contributed by atoms with Crippen LogP contribution in [0.1, 0.15) is 55.0 Å². The number of amides is 2. The lowest BCUT2D eigenvalue weighted by Crippen LogP contribution is -2.39. The molecule has 0 aliphatic carbocycles. The third-order valence-corrected chi connectivity index (χ3v) is 5.96. The van der Waals surface area contributed by atoms with Gasteiger partial charge in [-0.1, -0.05) is 31.5 Å². The maximum absolute atomic E-state index is 12.7. The lowest BCUT2D eigenvalue weighted by Gasteiger charge is -2.29. The van der Waals surface area contributed by atoms with Gasteiger partial charge in [0, 0.05) is 13.1 Å². The van der Waals surface area contributed by atoms with Gasteiger partial charge in [0.15, 0.2) is 5.82 Å². The highest BCUT2D eigenvalue weighted by Gasteiger charge is 2.27. The summed E-state index contributed by atoms with van der Waals surface area (Å²) < 4.78 is 5.63. The van der Waals surface area contributed by atoms with Crippen LogP contribution in [0.25, 0.3) is 0 Å². The molecule has 0 bridgehead atoms. The summed E-state index contributed by atoms with van der Waals surface area (Å²) in [6.45, 7) is 8.98. The van der Waals surface area contributed by atoms with Crippen molar-refractivity contribution in [3.8, 4) is 6.01 Å². The quantitative estimate of drug-likeness (QED) is 0.628. The van der Waals surface area contributed by atoms with E-state index < -0.39 is 0 Å². The van der Waals surface area contributed by atoms with E-state index >= 15 is 0 Å². The highest BCUT2D eigenvalue weighted by molar-refractivity contribution is 5.94. The zero-order chi connectivity index (χ0) is 21.8. The van der Waals surface area contributed by atoms with Crippen LogP contribution in [0, 0.1) is 6.92 Å². The number of nitrogen functional groups attached to an aromatic ring is 1. The van der Waals surface area contributed by atoms with E-state index in [0.717, 1.165) is 24.9 Å². The molecule has 0 spiro atoms. The number of nitrogens with zero attached hydrogens (tertiary/aromatic N) is 4. The predicted octanol–water partition coefficient (Wildman–Crippen LogP) is 3.69. The van der Waals surface area contributed by atoms with Crippen molar-refractivity contribution in [2.45, 2.75) is 59.2 Å². The summed E-state index contributed by atoms with van der Waals surface area (Å²) >= 11 is 0. The molecule has 0 radical (unpaired) electrons. The molecule has 2 aromatic rings. The Morgan fingerprint density at radius 3 is 2.77 bits per heavy atom. The van der Waals surface area contributed by atoms with Crippen molar-refractivity contribution in [2.75, 3.05) is 30.7 Å². The smallest absolute Gasteiger partial charge is 0.322 e. The molecular weight excluding hydrogens is 392 g/mol.